The van der Waals surface area contributed by atoms with Crippen molar-refractivity contribution in [2.75, 3.05) is 0 Å². The molecule has 0 spiro atoms. The second-order valence-electron chi connectivity index (χ2n) is 6.45. The van der Waals surface area contributed by atoms with Gasteiger partial charge in [0.05, 0.1) is 6.42 Å². The number of hydrogen-bond donors (Lipinski definition) is 2. The van der Waals surface area contributed by atoms with Crippen LogP contribution in [0.3, 0.4) is 0 Å². The summed E-state index contributed by atoms with van der Waals surface area (Å²) in [6.07, 6.45) is -0.175. The Hall–Kier alpha value is -3.31. The third kappa shape index (κ3) is 5.59. The highest BCUT2D eigenvalue weighted by atomic mass is 16.5. The van der Waals surface area contributed by atoms with Gasteiger partial charge in [0.2, 0.25) is 0 Å². The summed E-state index contributed by atoms with van der Waals surface area (Å²) >= 11 is 0. The van der Waals surface area contributed by atoms with Gasteiger partial charge in [0.25, 0.3) is 0 Å². The minimum atomic E-state index is -0.953. The quantitative estimate of drug-likeness (QED) is 0.580. The van der Waals surface area contributed by atoms with Crippen LogP contribution in [0, 0.1) is 0 Å². The molecule has 5 heteroatoms. The first kappa shape index (κ1) is 19.5. The van der Waals surface area contributed by atoms with Crippen molar-refractivity contribution in [3.63, 3.8) is 0 Å². The van der Waals surface area contributed by atoms with Gasteiger partial charge in [-0.3, -0.25) is 4.79 Å². The summed E-state index contributed by atoms with van der Waals surface area (Å²) in [5.41, 5.74) is 8.79. The lowest BCUT2D eigenvalue weighted by Gasteiger charge is -2.17. The van der Waals surface area contributed by atoms with Gasteiger partial charge in [-0.1, -0.05) is 66.7 Å². The van der Waals surface area contributed by atoms with E-state index in [1.807, 2.05) is 60.7 Å². The van der Waals surface area contributed by atoms with E-state index in [2.05, 4.69) is 0 Å². The van der Waals surface area contributed by atoms with Gasteiger partial charge in [0.15, 0.2) is 0 Å². The largest absolute Gasteiger partial charge is 0.489 e. The molecule has 5 nitrogen and oxygen atoms in total. The van der Waals surface area contributed by atoms with Crippen molar-refractivity contribution >= 4 is 5.97 Å². The zero-order valence-electron chi connectivity index (χ0n) is 15.5. The van der Waals surface area contributed by atoms with E-state index in [-0.39, 0.29) is 6.42 Å². The Morgan fingerprint density at radius 3 is 2.00 bits per heavy atom. The van der Waals surface area contributed by atoms with E-state index in [4.69, 9.17) is 20.3 Å². The van der Waals surface area contributed by atoms with Crippen LogP contribution in [0.15, 0.2) is 78.9 Å². The average molecular weight is 377 g/mol. The number of carboxylic acid groups (broad SMARTS) is 1. The fraction of sp³-hybridized carbons (Fsp3) is 0.174. The van der Waals surface area contributed by atoms with Crippen LogP contribution >= 0.6 is 0 Å². The van der Waals surface area contributed by atoms with Gasteiger partial charge in [0, 0.05) is 17.7 Å². The van der Waals surface area contributed by atoms with Crippen LogP contribution in [-0.4, -0.2) is 11.1 Å². The summed E-state index contributed by atoms with van der Waals surface area (Å²) in [7, 11) is 0. The molecular formula is C23H23NO4. The van der Waals surface area contributed by atoms with Crippen molar-refractivity contribution in [2.24, 2.45) is 5.73 Å². The Bertz CT molecular complexity index is 897. The molecule has 3 rings (SSSR count). The van der Waals surface area contributed by atoms with E-state index in [1.54, 1.807) is 18.2 Å². The monoisotopic (exact) mass is 377 g/mol. The smallest absolute Gasteiger partial charge is 0.305 e. The lowest BCUT2D eigenvalue weighted by atomic mass is 10.0. The summed E-state index contributed by atoms with van der Waals surface area (Å²) < 4.78 is 11.8. The van der Waals surface area contributed by atoms with E-state index < -0.39 is 12.0 Å². The Morgan fingerprint density at radius 1 is 0.857 bits per heavy atom. The van der Waals surface area contributed by atoms with E-state index in [9.17, 15) is 4.79 Å². The van der Waals surface area contributed by atoms with Crippen LogP contribution < -0.4 is 15.2 Å². The molecule has 144 valence electrons. The summed E-state index contributed by atoms with van der Waals surface area (Å²) in [5.74, 6) is 0.215. The Balaban J connectivity index is 1.77. The highest BCUT2D eigenvalue weighted by Crippen LogP contribution is 2.31. The van der Waals surface area contributed by atoms with Crippen molar-refractivity contribution < 1.29 is 19.4 Å². The molecule has 0 heterocycles. The fourth-order valence-electron chi connectivity index (χ4n) is 2.81. The lowest BCUT2D eigenvalue weighted by Crippen LogP contribution is -2.16. The maximum Gasteiger partial charge on any atom is 0.305 e. The van der Waals surface area contributed by atoms with Crippen molar-refractivity contribution in [2.45, 2.75) is 25.7 Å². The van der Waals surface area contributed by atoms with Crippen LogP contribution in [-0.2, 0) is 18.0 Å². The van der Waals surface area contributed by atoms with Crippen LogP contribution in [0.5, 0.6) is 11.5 Å². The van der Waals surface area contributed by atoms with E-state index >= 15 is 0 Å². The molecule has 0 fully saturated rings. The SMILES string of the molecule is N[C@H](CC(=O)O)c1ccc(OCc2ccccc2)cc1OCc1ccccc1. The zero-order valence-corrected chi connectivity index (χ0v) is 15.5. The molecule has 1 atom stereocenters. The lowest BCUT2D eigenvalue weighted by molar-refractivity contribution is -0.137. The van der Waals surface area contributed by atoms with Crippen LogP contribution in [0.25, 0.3) is 0 Å². The predicted molar refractivity (Wildman–Crippen MR) is 107 cm³/mol. The Morgan fingerprint density at radius 2 is 1.43 bits per heavy atom. The van der Waals surface area contributed by atoms with Gasteiger partial charge in [0.1, 0.15) is 24.7 Å². The molecule has 0 radical (unpaired) electrons. The molecule has 3 aromatic carbocycles. The summed E-state index contributed by atoms with van der Waals surface area (Å²) in [4.78, 5) is 11.1. The van der Waals surface area contributed by atoms with Crippen molar-refractivity contribution in [3.05, 3.63) is 95.6 Å². The zero-order chi connectivity index (χ0) is 19.8. The molecule has 0 bridgehead atoms. The first-order chi connectivity index (χ1) is 13.6. The number of hydrogen-bond acceptors (Lipinski definition) is 4. The van der Waals surface area contributed by atoms with Gasteiger partial charge in [-0.05, 0) is 17.2 Å². The number of carboxylic acids is 1. The van der Waals surface area contributed by atoms with Crippen LogP contribution in [0.4, 0.5) is 0 Å². The molecule has 0 saturated heterocycles. The Kier molecular flexibility index (Phi) is 6.65. The highest BCUT2D eigenvalue weighted by Gasteiger charge is 2.17. The van der Waals surface area contributed by atoms with Gasteiger partial charge in [-0.2, -0.15) is 0 Å². The molecular weight excluding hydrogens is 354 g/mol. The standard InChI is InChI=1S/C23H23NO4/c24-21(14-23(25)26)20-12-11-19(27-15-17-7-3-1-4-8-17)13-22(20)28-16-18-9-5-2-6-10-18/h1-13,21H,14-16,24H2,(H,25,26)/t21-/m1/s1. The third-order valence-electron chi connectivity index (χ3n) is 4.26. The van der Waals surface area contributed by atoms with Gasteiger partial charge >= 0.3 is 5.97 Å². The molecule has 0 saturated carbocycles. The van der Waals surface area contributed by atoms with Gasteiger partial charge in [-0.15, -0.1) is 0 Å². The van der Waals surface area contributed by atoms with Crippen LogP contribution in [0.1, 0.15) is 29.2 Å². The number of benzene rings is 3. The van der Waals surface area contributed by atoms with Crippen molar-refractivity contribution in [1.29, 1.82) is 0 Å². The predicted octanol–water partition coefficient (Wildman–Crippen LogP) is 4.32. The van der Waals surface area contributed by atoms with E-state index in [0.29, 0.717) is 30.3 Å². The third-order valence-corrected chi connectivity index (χ3v) is 4.26. The summed E-state index contributed by atoms with van der Waals surface area (Å²) in [6, 6.07) is 24.3. The first-order valence-electron chi connectivity index (χ1n) is 9.06. The normalized spacial score (nSPS) is 11.6. The molecule has 0 aliphatic carbocycles. The Labute approximate surface area is 164 Å². The molecule has 3 aromatic rings. The maximum absolute atomic E-state index is 11.1. The van der Waals surface area contributed by atoms with Gasteiger partial charge < -0.3 is 20.3 Å². The molecule has 0 unspecified atom stereocenters. The number of rotatable bonds is 9. The number of carbonyl (C=O) groups is 1. The highest BCUT2D eigenvalue weighted by molar-refractivity contribution is 5.68. The minimum absolute atomic E-state index is 0.175. The maximum atomic E-state index is 11.1. The molecule has 0 amide bonds. The van der Waals surface area contributed by atoms with Crippen molar-refractivity contribution in [3.8, 4) is 11.5 Å². The molecule has 3 N–H and O–H groups in total. The molecule has 0 aromatic heterocycles. The number of ether oxygens (including phenoxy) is 2. The molecule has 28 heavy (non-hydrogen) atoms. The van der Waals surface area contributed by atoms with Crippen LogP contribution in [0.2, 0.25) is 0 Å². The van der Waals surface area contributed by atoms with E-state index in [0.717, 1.165) is 11.1 Å². The number of aliphatic carboxylic acids is 1. The fourth-order valence-corrected chi connectivity index (χ4v) is 2.81. The second kappa shape index (κ2) is 9.58. The van der Waals surface area contributed by atoms with Gasteiger partial charge in [-0.25, -0.2) is 0 Å². The van der Waals surface area contributed by atoms with E-state index in [1.165, 1.54) is 0 Å². The summed E-state index contributed by atoms with van der Waals surface area (Å²) in [5, 5.41) is 9.06. The second-order valence-corrected chi connectivity index (χ2v) is 6.45. The topological polar surface area (TPSA) is 81.8 Å². The minimum Gasteiger partial charge on any atom is -0.489 e. The van der Waals surface area contributed by atoms with Crippen molar-refractivity contribution in [1.82, 2.24) is 0 Å². The number of nitrogens with two attached hydrogens (primary N) is 1. The molecule has 0 aliphatic heterocycles. The first-order valence-corrected chi connectivity index (χ1v) is 9.06. The summed E-state index contributed by atoms with van der Waals surface area (Å²) in [6.45, 7) is 0.787. The average Bonchev–Trinajstić information content (AvgIpc) is 2.72. The molecule has 0 aliphatic rings.